The maximum absolute atomic E-state index is 9.95. The second kappa shape index (κ2) is 3.52. The highest BCUT2D eigenvalue weighted by molar-refractivity contribution is 5.54. The Morgan fingerprint density at radius 2 is 2.25 bits per heavy atom. The molecule has 4 heteroatoms. The minimum Gasteiger partial charge on any atom is -0.399 e. The van der Waals surface area contributed by atoms with Crippen LogP contribution in [0.4, 0.5) is 5.69 Å². The van der Waals surface area contributed by atoms with Crippen molar-refractivity contribution in [3.8, 4) is 0 Å². The van der Waals surface area contributed by atoms with Crippen LogP contribution in [0.3, 0.4) is 0 Å². The summed E-state index contributed by atoms with van der Waals surface area (Å²) >= 11 is 0. The number of hydrogen-bond acceptors (Lipinski definition) is 3. The van der Waals surface area contributed by atoms with Gasteiger partial charge in [-0.15, -0.1) is 0 Å². The molecule has 1 rings (SSSR count). The first-order chi connectivity index (χ1) is 5.68. The zero-order valence-corrected chi connectivity index (χ0v) is 6.31. The second-order valence-corrected chi connectivity index (χ2v) is 2.27. The Kier molecular flexibility index (Phi) is 2.42. The molecule has 0 aromatic heterocycles. The van der Waals surface area contributed by atoms with E-state index in [1.54, 1.807) is 24.3 Å². The van der Waals surface area contributed by atoms with Crippen molar-refractivity contribution in [3.63, 3.8) is 0 Å². The summed E-state index contributed by atoms with van der Waals surface area (Å²) in [7, 11) is 0. The topological polar surface area (TPSA) is 69.2 Å². The molecule has 62 valence electrons. The van der Waals surface area contributed by atoms with Gasteiger partial charge in [0.2, 0.25) is 6.20 Å². The monoisotopic (exact) mass is 164 g/mol. The van der Waals surface area contributed by atoms with Crippen LogP contribution in [-0.2, 0) is 0 Å². The number of nitrogen functional groups attached to an aromatic ring is 1. The van der Waals surface area contributed by atoms with Gasteiger partial charge in [-0.2, -0.15) is 0 Å². The molecule has 4 nitrogen and oxygen atoms in total. The molecule has 12 heavy (non-hydrogen) atoms. The lowest BCUT2D eigenvalue weighted by Crippen LogP contribution is -1.85. The fourth-order valence-electron chi connectivity index (χ4n) is 0.810. The quantitative estimate of drug-likeness (QED) is 0.409. The maximum Gasteiger partial charge on any atom is 0.235 e. The summed E-state index contributed by atoms with van der Waals surface area (Å²) in [5.41, 5.74) is 6.79. The van der Waals surface area contributed by atoms with Crippen molar-refractivity contribution in [2.75, 3.05) is 5.73 Å². The van der Waals surface area contributed by atoms with Crippen LogP contribution < -0.4 is 5.73 Å². The Balaban J connectivity index is 2.83. The Morgan fingerprint density at radius 1 is 1.50 bits per heavy atom. The highest BCUT2D eigenvalue weighted by Gasteiger charge is 1.90. The van der Waals surface area contributed by atoms with E-state index in [0.29, 0.717) is 5.69 Å². The van der Waals surface area contributed by atoms with Crippen molar-refractivity contribution < 1.29 is 4.92 Å². The number of benzene rings is 1. The van der Waals surface area contributed by atoms with Crippen LogP contribution in [0.25, 0.3) is 6.08 Å². The van der Waals surface area contributed by atoms with E-state index in [-0.39, 0.29) is 0 Å². The van der Waals surface area contributed by atoms with Crippen molar-refractivity contribution in [2.24, 2.45) is 0 Å². The van der Waals surface area contributed by atoms with E-state index < -0.39 is 4.92 Å². The molecule has 0 amide bonds. The lowest BCUT2D eigenvalue weighted by molar-refractivity contribution is -0.400. The van der Waals surface area contributed by atoms with Crippen LogP contribution in [0, 0.1) is 10.1 Å². The van der Waals surface area contributed by atoms with Gasteiger partial charge in [0.05, 0.1) is 4.92 Å². The summed E-state index contributed by atoms with van der Waals surface area (Å²) in [6, 6.07) is 6.88. The van der Waals surface area contributed by atoms with Gasteiger partial charge in [0, 0.05) is 11.8 Å². The molecule has 0 aliphatic heterocycles. The van der Waals surface area contributed by atoms with Gasteiger partial charge >= 0.3 is 0 Å². The fraction of sp³-hybridized carbons (Fsp3) is 0. The first kappa shape index (κ1) is 8.26. The van der Waals surface area contributed by atoms with Crippen LogP contribution in [0.5, 0.6) is 0 Å². The number of nitro groups is 1. The molecule has 0 aliphatic rings. The maximum atomic E-state index is 9.95. The smallest absolute Gasteiger partial charge is 0.235 e. The largest absolute Gasteiger partial charge is 0.399 e. The van der Waals surface area contributed by atoms with E-state index in [4.69, 9.17) is 5.73 Å². The molecule has 2 N–H and O–H groups in total. The first-order valence-electron chi connectivity index (χ1n) is 3.36. The normalized spacial score (nSPS) is 10.3. The minimum atomic E-state index is -0.511. The number of nitrogens with two attached hydrogens (primary N) is 1. The Labute approximate surface area is 69.5 Å². The summed E-state index contributed by atoms with van der Waals surface area (Å²) in [5, 5.41) is 9.95. The van der Waals surface area contributed by atoms with Gasteiger partial charge in [-0.3, -0.25) is 10.1 Å². The van der Waals surface area contributed by atoms with Gasteiger partial charge < -0.3 is 5.73 Å². The molecular formula is C8H8N2O2. The average Bonchev–Trinajstić information content (AvgIpc) is 2.01. The van der Waals surface area contributed by atoms with Crippen molar-refractivity contribution in [2.45, 2.75) is 0 Å². The molecule has 0 radical (unpaired) electrons. The predicted octanol–water partition coefficient (Wildman–Crippen LogP) is 1.52. The molecule has 0 aliphatic carbocycles. The number of hydrogen-bond donors (Lipinski definition) is 1. The lowest BCUT2D eigenvalue weighted by Gasteiger charge is -1.92. The molecule has 0 bridgehead atoms. The van der Waals surface area contributed by atoms with E-state index in [1.165, 1.54) is 6.08 Å². The van der Waals surface area contributed by atoms with Gasteiger partial charge in [0.25, 0.3) is 0 Å². The van der Waals surface area contributed by atoms with Gasteiger partial charge in [-0.05, 0) is 17.7 Å². The van der Waals surface area contributed by atoms with Gasteiger partial charge in [0.1, 0.15) is 0 Å². The van der Waals surface area contributed by atoms with Gasteiger partial charge in [0.15, 0.2) is 0 Å². The zero-order chi connectivity index (χ0) is 8.97. The van der Waals surface area contributed by atoms with Gasteiger partial charge in [-0.1, -0.05) is 12.1 Å². The Morgan fingerprint density at radius 3 is 2.83 bits per heavy atom. The number of rotatable bonds is 2. The third-order valence-electron chi connectivity index (χ3n) is 1.30. The van der Waals surface area contributed by atoms with Crippen molar-refractivity contribution >= 4 is 11.8 Å². The highest BCUT2D eigenvalue weighted by Crippen LogP contribution is 2.07. The molecule has 0 spiro atoms. The molecule has 0 fully saturated rings. The first-order valence-corrected chi connectivity index (χ1v) is 3.36. The Bertz CT molecular complexity index is 321. The van der Waals surface area contributed by atoms with Crippen LogP contribution >= 0.6 is 0 Å². The predicted molar refractivity (Wildman–Crippen MR) is 46.9 cm³/mol. The summed E-state index contributed by atoms with van der Waals surface area (Å²) in [4.78, 5) is 9.43. The molecule has 0 atom stereocenters. The lowest BCUT2D eigenvalue weighted by atomic mass is 10.2. The van der Waals surface area contributed by atoms with Crippen molar-refractivity contribution in [1.82, 2.24) is 0 Å². The molecule has 0 unspecified atom stereocenters. The molecule has 1 aromatic rings. The summed E-state index contributed by atoms with van der Waals surface area (Å²) in [6.45, 7) is 0. The zero-order valence-electron chi connectivity index (χ0n) is 6.31. The molecule has 1 aromatic carbocycles. The summed E-state index contributed by atoms with van der Waals surface area (Å²) in [5.74, 6) is 0. The molecular weight excluding hydrogens is 156 g/mol. The standard InChI is InChI=1S/C8H8N2O2/c9-8-3-1-2-7(6-8)4-5-10(11)12/h1-6H,9H2/b5-4+. The number of anilines is 1. The van der Waals surface area contributed by atoms with Crippen LogP contribution in [-0.4, -0.2) is 4.92 Å². The van der Waals surface area contributed by atoms with E-state index in [1.807, 2.05) is 0 Å². The molecule has 0 heterocycles. The van der Waals surface area contributed by atoms with E-state index in [0.717, 1.165) is 11.8 Å². The molecule has 0 saturated carbocycles. The van der Waals surface area contributed by atoms with Crippen LogP contribution in [0.15, 0.2) is 30.5 Å². The Hall–Kier alpha value is -1.84. The van der Waals surface area contributed by atoms with E-state index >= 15 is 0 Å². The minimum absolute atomic E-state index is 0.511. The fourth-order valence-corrected chi connectivity index (χ4v) is 0.810. The summed E-state index contributed by atoms with van der Waals surface area (Å²) < 4.78 is 0. The summed E-state index contributed by atoms with van der Waals surface area (Å²) in [6.07, 6.45) is 2.28. The molecule has 0 saturated heterocycles. The van der Waals surface area contributed by atoms with Crippen LogP contribution in [0.2, 0.25) is 0 Å². The SMILES string of the molecule is Nc1cccc(/C=C/[N+](=O)[O-])c1. The van der Waals surface area contributed by atoms with E-state index in [2.05, 4.69) is 0 Å². The van der Waals surface area contributed by atoms with Gasteiger partial charge in [-0.25, -0.2) is 0 Å². The van der Waals surface area contributed by atoms with E-state index in [9.17, 15) is 10.1 Å². The third kappa shape index (κ3) is 2.42. The van der Waals surface area contributed by atoms with Crippen molar-refractivity contribution in [3.05, 3.63) is 46.1 Å². The van der Waals surface area contributed by atoms with Crippen LogP contribution in [0.1, 0.15) is 5.56 Å². The average molecular weight is 164 g/mol. The third-order valence-corrected chi connectivity index (χ3v) is 1.30. The highest BCUT2D eigenvalue weighted by atomic mass is 16.6. The second-order valence-electron chi connectivity index (χ2n) is 2.27. The van der Waals surface area contributed by atoms with Crippen molar-refractivity contribution in [1.29, 1.82) is 0 Å². The number of nitrogens with zero attached hydrogens (tertiary/aromatic N) is 1.